The molecule has 52 heavy (non-hydrogen) atoms. The van der Waals surface area contributed by atoms with Gasteiger partial charge in [0.05, 0.1) is 0 Å². The van der Waals surface area contributed by atoms with Crippen molar-refractivity contribution >= 4 is 75.8 Å². The molecule has 0 fully saturated rings. The lowest BCUT2D eigenvalue weighted by molar-refractivity contribution is 0.672. The SMILES string of the molecule is Cc1cccc2ccc(-c3ccc(-c4c5ccccc5c(-c5ccc6oc7c8ccccc8ccc7c6c5)c5ccccc45)c4ccccc34)cc12. The van der Waals surface area contributed by atoms with Crippen molar-refractivity contribution in [1.82, 2.24) is 0 Å². The van der Waals surface area contributed by atoms with Gasteiger partial charge in [-0.2, -0.15) is 0 Å². The van der Waals surface area contributed by atoms with E-state index in [1.165, 1.54) is 87.4 Å². The molecule has 242 valence electrons. The number of furan rings is 1. The largest absolute Gasteiger partial charge is 0.455 e. The van der Waals surface area contributed by atoms with Crippen molar-refractivity contribution in [3.8, 4) is 33.4 Å². The lowest BCUT2D eigenvalue weighted by atomic mass is 9.83. The molecule has 0 N–H and O–H groups in total. The Morgan fingerprint density at radius 1 is 0.327 bits per heavy atom. The highest BCUT2D eigenvalue weighted by Crippen LogP contribution is 2.47. The fraction of sp³-hybridized carbons (Fsp3) is 0.0196. The molecule has 0 bridgehead atoms. The monoisotopic (exact) mass is 660 g/mol. The average molecular weight is 661 g/mol. The Morgan fingerprint density at radius 2 is 0.865 bits per heavy atom. The van der Waals surface area contributed by atoms with E-state index in [2.05, 4.69) is 183 Å². The van der Waals surface area contributed by atoms with Crippen LogP contribution in [0.5, 0.6) is 0 Å². The van der Waals surface area contributed by atoms with E-state index in [0.29, 0.717) is 0 Å². The second kappa shape index (κ2) is 11.2. The van der Waals surface area contributed by atoms with Crippen molar-refractivity contribution in [3.63, 3.8) is 0 Å². The van der Waals surface area contributed by atoms with Gasteiger partial charge in [-0.3, -0.25) is 0 Å². The van der Waals surface area contributed by atoms with Crippen LogP contribution in [0.1, 0.15) is 5.56 Å². The van der Waals surface area contributed by atoms with Gasteiger partial charge in [0, 0.05) is 16.2 Å². The molecule has 0 unspecified atom stereocenters. The summed E-state index contributed by atoms with van der Waals surface area (Å²) in [5.74, 6) is 0. The quantitative estimate of drug-likeness (QED) is 0.172. The summed E-state index contributed by atoms with van der Waals surface area (Å²) in [5, 5.41) is 14.7. The molecular weight excluding hydrogens is 629 g/mol. The van der Waals surface area contributed by atoms with Gasteiger partial charge in [0.25, 0.3) is 0 Å². The molecule has 1 nitrogen and oxygen atoms in total. The first kappa shape index (κ1) is 29.1. The van der Waals surface area contributed by atoms with Crippen LogP contribution in [0.25, 0.3) is 109 Å². The highest BCUT2D eigenvalue weighted by molar-refractivity contribution is 6.25. The van der Waals surface area contributed by atoms with Crippen LogP contribution in [0.15, 0.2) is 180 Å². The summed E-state index contributed by atoms with van der Waals surface area (Å²) in [6.45, 7) is 2.20. The van der Waals surface area contributed by atoms with Crippen molar-refractivity contribution in [1.29, 1.82) is 0 Å². The van der Waals surface area contributed by atoms with Gasteiger partial charge in [0.2, 0.25) is 0 Å². The highest BCUT2D eigenvalue weighted by Gasteiger charge is 2.20. The molecular formula is C51H32O. The Labute approximate surface area is 301 Å². The van der Waals surface area contributed by atoms with E-state index in [9.17, 15) is 0 Å². The Balaban J connectivity index is 1.17. The van der Waals surface area contributed by atoms with E-state index in [1.807, 2.05) is 0 Å². The van der Waals surface area contributed by atoms with Crippen LogP contribution in [0.3, 0.4) is 0 Å². The number of aryl methyl sites for hydroxylation is 1. The number of rotatable bonds is 3. The van der Waals surface area contributed by atoms with Crippen molar-refractivity contribution < 1.29 is 4.42 Å². The number of fused-ring (bicyclic) bond motifs is 9. The molecule has 1 aromatic heterocycles. The maximum absolute atomic E-state index is 6.52. The maximum atomic E-state index is 6.52. The molecule has 11 rings (SSSR count). The molecule has 0 saturated heterocycles. The van der Waals surface area contributed by atoms with Crippen molar-refractivity contribution in [3.05, 3.63) is 181 Å². The fourth-order valence-electron chi connectivity index (χ4n) is 8.75. The second-order valence-electron chi connectivity index (χ2n) is 14.0. The van der Waals surface area contributed by atoms with E-state index in [0.717, 1.165) is 27.3 Å². The van der Waals surface area contributed by atoms with Crippen LogP contribution in [0.4, 0.5) is 0 Å². The minimum Gasteiger partial charge on any atom is -0.455 e. The molecule has 0 atom stereocenters. The van der Waals surface area contributed by atoms with E-state index < -0.39 is 0 Å². The Bertz CT molecular complexity index is 3190. The van der Waals surface area contributed by atoms with E-state index in [4.69, 9.17) is 4.42 Å². The van der Waals surface area contributed by atoms with Crippen LogP contribution in [-0.4, -0.2) is 0 Å². The second-order valence-corrected chi connectivity index (χ2v) is 14.0. The van der Waals surface area contributed by atoms with Crippen molar-refractivity contribution in [2.24, 2.45) is 0 Å². The van der Waals surface area contributed by atoms with Gasteiger partial charge >= 0.3 is 0 Å². The lowest BCUT2D eigenvalue weighted by Gasteiger charge is -2.20. The van der Waals surface area contributed by atoms with Gasteiger partial charge < -0.3 is 4.42 Å². The zero-order valence-corrected chi connectivity index (χ0v) is 28.7. The van der Waals surface area contributed by atoms with Crippen molar-refractivity contribution in [2.45, 2.75) is 6.92 Å². The minimum atomic E-state index is 0.911. The van der Waals surface area contributed by atoms with Crippen LogP contribution in [0, 0.1) is 6.92 Å². The van der Waals surface area contributed by atoms with Gasteiger partial charge in [0.1, 0.15) is 11.2 Å². The zero-order chi connectivity index (χ0) is 34.3. The van der Waals surface area contributed by atoms with Crippen LogP contribution in [0.2, 0.25) is 0 Å². The van der Waals surface area contributed by atoms with E-state index >= 15 is 0 Å². The van der Waals surface area contributed by atoms with Crippen LogP contribution < -0.4 is 0 Å². The summed E-state index contributed by atoms with van der Waals surface area (Å²) in [4.78, 5) is 0. The normalized spacial score (nSPS) is 11.9. The topological polar surface area (TPSA) is 13.1 Å². The molecule has 0 saturated carbocycles. The molecule has 11 aromatic rings. The summed E-state index contributed by atoms with van der Waals surface area (Å²) in [6, 6.07) is 64.5. The number of benzene rings is 10. The molecule has 0 aliphatic heterocycles. The Hall–Kier alpha value is -6.70. The predicted molar refractivity (Wildman–Crippen MR) is 222 cm³/mol. The van der Waals surface area contributed by atoms with E-state index in [-0.39, 0.29) is 0 Å². The first-order valence-corrected chi connectivity index (χ1v) is 18.0. The first-order valence-electron chi connectivity index (χ1n) is 18.0. The highest BCUT2D eigenvalue weighted by atomic mass is 16.3. The van der Waals surface area contributed by atoms with Crippen molar-refractivity contribution in [2.75, 3.05) is 0 Å². The van der Waals surface area contributed by atoms with Gasteiger partial charge in [-0.1, -0.05) is 152 Å². The van der Waals surface area contributed by atoms with Gasteiger partial charge in [-0.05, 0) is 119 Å². The third-order valence-corrected chi connectivity index (χ3v) is 11.2. The molecule has 1 heteroatoms. The smallest absolute Gasteiger partial charge is 0.143 e. The Morgan fingerprint density at radius 3 is 1.62 bits per heavy atom. The summed E-state index contributed by atoms with van der Waals surface area (Å²) in [5.41, 5.74) is 10.6. The van der Waals surface area contributed by atoms with Crippen LogP contribution in [-0.2, 0) is 0 Å². The van der Waals surface area contributed by atoms with Gasteiger partial charge in [0.15, 0.2) is 0 Å². The molecule has 1 heterocycles. The molecule has 0 aliphatic rings. The summed E-state index contributed by atoms with van der Waals surface area (Å²) >= 11 is 0. The standard InChI is InChI=1S/C51H32O/c1-31-11-10-13-33-21-22-34(29-46(31)33)36-26-27-44(39-16-5-4-15-38(36)39)50-42-19-8-6-17-40(42)49(41-18-7-9-20-43(41)50)35-24-28-48-47(30-35)45-25-23-32-12-2-3-14-37(32)51(45)52-48/h2-30H,1H3. The molecule has 0 amide bonds. The van der Waals surface area contributed by atoms with Crippen LogP contribution >= 0.6 is 0 Å². The molecule has 0 spiro atoms. The third kappa shape index (κ3) is 4.23. The average Bonchev–Trinajstić information content (AvgIpc) is 3.58. The van der Waals surface area contributed by atoms with Gasteiger partial charge in [-0.15, -0.1) is 0 Å². The molecule has 10 aromatic carbocycles. The summed E-state index contributed by atoms with van der Waals surface area (Å²) in [6.07, 6.45) is 0. The first-order chi connectivity index (χ1) is 25.7. The van der Waals surface area contributed by atoms with Gasteiger partial charge in [-0.25, -0.2) is 0 Å². The summed E-state index contributed by atoms with van der Waals surface area (Å²) < 4.78 is 6.52. The number of hydrogen-bond acceptors (Lipinski definition) is 1. The fourth-order valence-corrected chi connectivity index (χ4v) is 8.75. The predicted octanol–water partition coefficient (Wildman–Crippen LogP) is 14.7. The Kier molecular flexibility index (Phi) is 6.23. The molecule has 0 radical (unpaired) electrons. The minimum absolute atomic E-state index is 0.911. The lowest BCUT2D eigenvalue weighted by Crippen LogP contribution is -1.92. The molecule has 0 aliphatic carbocycles. The number of hydrogen-bond donors (Lipinski definition) is 0. The van der Waals surface area contributed by atoms with E-state index in [1.54, 1.807) is 0 Å². The summed E-state index contributed by atoms with van der Waals surface area (Å²) in [7, 11) is 0. The zero-order valence-electron chi connectivity index (χ0n) is 28.7. The maximum Gasteiger partial charge on any atom is 0.143 e. The third-order valence-electron chi connectivity index (χ3n) is 11.2.